The number of nitrogens with two attached hydrogens (primary N) is 1. The summed E-state index contributed by atoms with van der Waals surface area (Å²) in [4.78, 5) is 8.75. The number of halogens is 1. The van der Waals surface area contributed by atoms with Crippen molar-refractivity contribution in [2.75, 3.05) is 6.54 Å². The fourth-order valence-corrected chi connectivity index (χ4v) is 2.39. The summed E-state index contributed by atoms with van der Waals surface area (Å²) in [6.07, 6.45) is 3.39. The first kappa shape index (κ1) is 18.2. The van der Waals surface area contributed by atoms with Crippen molar-refractivity contribution in [3.63, 3.8) is 0 Å². The van der Waals surface area contributed by atoms with Gasteiger partial charge in [-0.25, -0.2) is 4.99 Å². The minimum atomic E-state index is 0.182. The van der Waals surface area contributed by atoms with E-state index in [9.17, 15) is 0 Å². The highest BCUT2D eigenvalue weighted by molar-refractivity contribution is 7.80. The van der Waals surface area contributed by atoms with Gasteiger partial charge in [0.1, 0.15) is 0 Å². The Bertz CT molecular complexity index is 690. The highest BCUT2D eigenvalue weighted by Gasteiger charge is 2.03. The van der Waals surface area contributed by atoms with E-state index in [1.165, 1.54) is 0 Å². The third-order valence-electron chi connectivity index (χ3n) is 3.22. The number of aliphatic imine (C=N–C) groups is 1. The number of hydrogen-bond donors (Lipinski definition) is 3. The molecule has 7 heteroatoms. The lowest BCUT2D eigenvalue weighted by Crippen LogP contribution is -2.44. The fraction of sp³-hybridized carbons (Fsp3) is 0.235. The smallest absolute Gasteiger partial charge is 0.197 e. The van der Waals surface area contributed by atoms with Crippen molar-refractivity contribution in [1.82, 2.24) is 15.6 Å². The lowest BCUT2D eigenvalue weighted by atomic mass is 10.2. The van der Waals surface area contributed by atoms with Gasteiger partial charge < -0.3 is 16.4 Å². The van der Waals surface area contributed by atoms with Gasteiger partial charge >= 0.3 is 0 Å². The van der Waals surface area contributed by atoms with Crippen molar-refractivity contribution in [2.24, 2.45) is 10.7 Å². The van der Waals surface area contributed by atoms with E-state index in [2.05, 4.69) is 20.6 Å². The van der Waals surface area contributed by atoms with Crippen LogP contribution in [0.3, 0.4) is 0 Å². The topological polar surface area (TPSA) is 75.3 Å². The Hall–Kier alpha value is -2.18. The van der Waals surface area contributed by atoms with Crippen molar-refractivity contribution in [3.05, 3.63) is 64.9 Å². The van der Waals surface area contributed by atoms with Gasteiger partial charge in [-0.2, -0.15) is 0 Å². The summed E-state index contributed by atoms with van der Waals surface area (Å²) < 4.78 is 0. The normalized spacial score (nSPS) is 11.1. The summed E-state index contributed by atoms with van der Waals surface area (Å²) in [6, 6.07) is 13.6. The van der Waals surface area contributed by atoms with E-state index in [-0.39, 0.29) is 5.11 Å². The van der Waals surface area contributed by atoms with Crippen LogP contribution < -0.4 is 16.4 Å². The first-order chi connectivity index (χ1) is 11.6. The number of pyridine rings is 1. The number of rotatable bonds is 6. The monoisotopic (exact) mass is 361 g/mol. The van der Waals surface area contributed by atoms with Gasteiger partial charge in [-0.15, -0.1) is 0 Å². The van der Waals surface area contributed by atoms with Crippen LogP contribution in [0.2, 0.25) is 5.02 Å². The van der Waals surface area contributed by atoms with Crippen LogP contribution in [0.15, 0.2) is 53.7 Å². The van der Waals surface area contributed by atoms with Gasteiger partial charge in [0, 0.05) is 12.7 Å². The molecule has 0 unspecified atom stereocenters. The number of thiocarbonyl (C=S) groups is 1. The van der Waals surface area contributed by atoms with E-state index < -0.39 is 0 Å². The van der Waals surface area contributed by atoms with Crippen LogP contribution in [0.1, 0.15) is 17.7 Å². The average molecular weight is 362 g/mol. The van der Waals surface area contributed by atoms with E-state index in [4.69, 9.17) is 29.6 Å². The summed E-state index contributed by atoms with van der Waals surface area (Å²) in [7, 11) is 0. The third-order valence-corrected chi connectivity index (χ3v) is 3.67. The zero-order valence-corrected chi connectivity index (χ0v) is 14.8. The molecule has 0 saturated carbocycles. The molecule has 126 valence electrons. The molecule has 0 fully saturated rings. The standard InChI is InChI=1S/C17H20ClN5S/c18-14-8-4-10-20-15(14)9-5-11-21-17(23-16(19)24)22-12-13-6-2-1-3-7-13/h1-4,6-8,10H,5,9,11-12H2,(H4,19,21,22,23,24). The first-order valence-corrected chi connectivity index (χ1v) is 8.42. The Morgan fingerprint density at radius 1 is 1.21 bits per heavy atom. The van der Waals surface area contributed by atoms with Crippen LogP contribution in [0.5, 0.6) is 0 Å². The van der Waals surface area contributed by atoms with Crippen LogP contribution >= 0.6 is 23.8 Å². The second-order valence-corrected chi connectivity index (χ2v) is 5.95. The molecule has 1 aromatic carbocycles. The highest BCUT2D eigenvalue weighted by atomic mass is 35.5. The lowest BCUT2D eigenvalue weighted by Gasteiger charge is -2.11. The largest absolute Gasteiger partial charge is 0.376 e. The zero-order chi connectivity index (χ0) is 17.2. The van der Waals surface area contributed by atoms with Crippen LogP contribution in [0, 0.1) is 0 Å². The number of guanidine groups is 1. The number of benzene rings is 1. The summed E-state index contributed by atoms with van der Waals surface area (Å²) >= 11 is 11.0. The number of nitrogens with one attached hydrogen (secondary N) is 2. The van der Waals surface area contributed by atoms with Crippen LogP contribution in [-0.2, 0) is 13.0 Å². The molecule has 0 saturated heterocycles. The minimum absolute atomic E-state index is 0.182. The van der Waals surface area contributed by atoms with E-state index in [1.54, 1.807) is 6.20 Å². The molecule has 0 aliphatic rings. The summed E-state index contributed by atoms with van der Waals surface area (Å²) in [5.74, 6) is 0.568. The maximum atomic E-state index is 6.10. The Balaban J connectivity index is 1.84. The molecule has 2 aromatic rings. The Kier molecular flexibility index (Phi) is 7.45. The molecule has 0 radical (unpaired) electrons. The molecule has 0 aliphatic carbocycles. The van der Waals surface area contributed by atoms with Crippen molar-refractivity contribution in [1.29, 1.82) is 0 Å². The van der Waals surface area contributed by atoms with Gasteiger partial charge in [-0.3, -0.25) is 4.98 Å². The first-order valence-electron chi connectivity index (χ1n) is 7.63. The third kappa shape index (κ3) is 6.52. The van der Waals surface area contributed by atoms with Crippen molar-refractivity contribution in [3.8, 4) is 0 Å². The second-order valence-electron chi connectivity index (χ2n) is 5.10. The Morgan fingerprint density at radius 3 is 2.71 bits per heavy atom. The van der Waals surface area contributed by atoms with Crippen LogP contribution in [-0.4, -0.2) is 22.6 Å². The molecule has 5 nitrogen and oxygen atoms in total. The predicted octanol–water partition coefficient (Wildman–Crippen LogP) is 2.65. The molecule has 0 bridgehead atoms. The quantitative estimate of drug-likeness (QED) is 0.319. The van der Waals surface area contributed by atoms with E-state index in [0.717, 1.165) is 24.1 Å². The van der Waals surface area contributed by atoms with Crippen molar-refractivity contribution < 1.29 is 0 Å². The van der Waals surface area contributed by atoms with Gasteiger partial charge in [0.05, 0.1) is 17.3 Å². The number of aromatic nitrogens is 1. The summed E-state index contributed by atoms with van der Waals surface area (Å²) in [6.45, 7) is 1.25. The molecule has 0 atom stereocenters. The molecular formula is C17H20ClN5S. The minimum Gasteiger partial charge on any atom is -0.376 e. The summed E-state index contributed by atoms with van der Waals surface area (Å²) in [5.41, 5.74) is 7.56. The maximum absolute atomic E-state index is 6.10. The lowest BCUT2D eigenvalue weighted by molar-refractivity contribution is 0.748. The van der Waals surface area contributed by atoms with Gasteiger partial charge in [0.25, 0.3) is 0 Å². The van der Waals surface area contributed by atoms with Gasteiger partial charge in [-0.1, -0.05) is 41.9 Å². The number of aryl methyl sites for hydroxylation is 1. The van der Waals surface area contributed by atoms with Crippen LogP contribution in [0.4, 0.5) is 0 Å². The van der Waals surface area contributed by atoms with Crippen LogP contribution in [0.25, 0.3) is 0 Å². The van der Waals surface area contributed by atoms with Gasteiger partial charge in [0.2, 0.25) is 0 Å². The zero-order valence-electron chi connectivity index (χ0n) is 13.2. The molecule has 1 aromatic heterocycles. The molecule has 1 heterocycles. The molecular weight excluding hydrogens is 342 g/mol. The Labute approximate surface area is 152 Å². The van der Waals surface area contributed by atoms with E-state index in [1.807, 2.05) is 42.5 Å². The molecule has 0 aliphatic heterocycles. The molecule has 0 amide bonds. The summed E-state index contributed by atoms with van der Waals surface area (Å²) in [5, 5.41) is 6.95. The Morgan fingerprint density at radius 2 is 2.00 bits per heavy atom. The average Bonchev–Trinajstić information content (AvgIpc) is 2.58. The molecule has 24 heavy (non-hydrogen) atoms. The fourth-order valence-electron chi connectivity index (χ4n) is 2.08. The van der Waals surface area contributed by atoms with Gasteiger partial charge in [0.15, 0.2) is 11.1 Å². The van der Waals surface area contributed by atoms with Crippen molar-refractivity contribution in [2.45, 2.75) is 19.4 Å². The van der Waals surface area contributed by atoms with E-state index >= 15 is 0 Å². The van der Waals surface area contributed by atoms with Gasteiger partial charge in [-0.05, 0) is 42.8 Å². The number of nitrogens with zero attached hydrogens (tertiary/aromatic N) is 2. The molecule has 0 spiro atoms. The van der Waals surface area contributed by atoms with E-state index in [0.29, 0.717) is 24.1 Å². The predicted molar refractivity (Wildman–Crippen MR) is 103 cm³/mol. The second kappa shape index (κ2) is 9.85. The maximum Gasteiger partial charge on any atom is 0.197 e. The SMILES string of the molecule is NC(=S)NC(=NCc1ccccc1)NCCCc1ncccc1Cl. The highest BCUT2D eigenvalue weighted by Crippen LogP contribution is 2.13. The molecule has 4 N–H and O–H groups in total. The number of hydrogen-bond acceptors (Lipinski definition) is 3. The molecule has 2 rings (SSSR count). The van der Waals surface area contributed by atoms with Crippen molar-refractivity contribution >= 4 is 34.9 Å².